The lowest BCUT2D eigenvalue weighted by molar-refractivity contribution is 0.0342. The number of para-hydroxylation sites is 1. The fourth-order valence-corrected chi connectivity index (χ4v) is 4.99. The van der Waals surface area contributed by atoms with Crippen LogP contribution in [0.3, 0.4) is 0 Å². The summed E-state index contributed by atoms with van der Waals surface area (Å²) in [4.78, 5) is 12.1. The Hall–Kier alpha value is -3.52. The van der Waals surface area contributed by atoms with Crippen LogP contribution < -0.4 is 10.6 Å². The van der Waals surface area contributed by atoms with Crippen LogP contribution in [-0.4, -0.2) is 65.4 Å². The number of hydrogen-bond acceptors (Lipinski definition) is 7. The first-order chi connectivity index (χ1) is 17.7. The Balaban J connectivity index is 1.34. The monoisotopic (exact) mass is 481 g/mol. The second kappa shape index (κ2) is 10.2. The molecule has 2 saturated heterocycles. The van der Waals surface area contributed by atoms with Crippen molar-refractivity contribution < 1.29 is 9.84 Å². The fourth-order valence-electron chi connectivity index (χ4n) is 4.99. The number of rotatable bonds is 6. The van der Waals surface area contributed by atoms with Crippen LogP contribution in [0.4, 0.5) is 5.82 Å². The lowest BCUT2D eigenvalue weighted by Gasteiger charge is -2.26. The molecule has 0 bridgehead atoms. The minimum Gasteiger partial charge on any atom is -0.507 e. The minimum atomic E-state index is 0.178. The largest absolute Gasteiger partial charge is 0.507 e. The first-order valence-electron chi connectivity index (χ1n) is 12.7. The average Bonchev–Trinajstić information content (AvgIpc) is 3.43. The van der Waals surface area contributed by atoms with E-state index in [0.717, 1.165) is 80.2 Å². The van der Waals surface area contributed by atoms with Gasteiger partial charge < -0.3 is 20.5 Å². The molecule has 36 heavy (non-hydrogen) atoms. The van der Waals surface area contributed by atoms with Crippen molar-refractivity contribution in [1.82, 2.24) is 20.2 Å². The number of fused-ring (bicyclic) bond motifs is 1. The number of aromatic nitrogens is 2. The number of aromatic hydroxyl groups is 1. The first kappa shape index (κ1) is 22.9. The van der Waals surface area contributed by atoms with Gasteiger partial charge in [-0.3, -0.25) is 4.90 Å². The smallest absolute Gasteiger partial charge is 0.165 e. The molecule has 2 aliphatic heterocycles. The van der Waals surface area contributed by atoms with Gasteiger partial charge in [-0.05, 0) is 53.9 Å². The summed E-state index contributed by atoms with van der Waals surface area (Å²) in [5, 5.41) is 18.5. The highest BCUT2D eigenvalue weighted by Crippen LogP contribution is 2.32. The van der Waals surface area contributed by atoms with E-state index in [4.69, 9.17) is 14.7 Å². The molecule has 1 aromatic heterocycles. The zero-order chi connectivity index (χ0) is 24.3. The SMILES string of the molecule is Oc1ccccc1-c1nc(N[C@H]2CCNC2)c2ccc(-c3ccc(CN4CCOCC4)cc3)cc2n1. The highest BCUT2D eigenvalue weighted by atomic mass is 16.5. The molecule has 7 nitrogen and oxygen atoms in total. The number of morpholine rings is 1. The molecule has 0 unspecified atom stereocenters. The third kappa shape index (κ3) is 4.91. The van der Waals surface area contributed by atoms with Crippen LogP contribution in [0.1, 0.15) is 12.0 Å². The van der Waals surface area contributed by atoms with Gasteiger partial charge >= 0.3 is 0 Å². The summed E-state index contributed by atoms with van der Waals surface area (Å²) in [5.41, 5.74) is 5.05. The van der Waals surface area contributed by atoms with Crippen molar-refractivity contribution >= 4 is 16.7 Å². The van der Waals surface area contributed by atoms with E-state index >= 15 is 0 Å². The van der Waals surface area contributed by atoms with E-state index in [1.807, 2.05) is 18.2 Å². The molecule has 4 aromatic rings. The number of phenols is 1. The van der Waals surface area contributed by atoms with E-state index in [9.17, 15) is 5.11 Å². The van der Waals surface area contributed by atoms with E-state index < -0.39 is 0 Å². The summed E-state index contributed by atoms with van der Waals surface area (Å²) in [5.74, 6) is 1.50. The van der Waals surface area contributed by atoms with Crippen molar-refractivity contribution in [2.75, 3.05) is 44.7 Å². The topological polar surface area (TPSA) is 82.5 Å². The molecule has 1 atom stereocenters. The zero-order valence-electron chi connectivity index (χ0n) is 20.3. The summed E-state index contributed by atoms with van der Waals surface area (Å²) in [6.45, 7) is 6.45. The van der Waals surface area contributed by atoms with Gasteiger partial charge in [0.15, 0.2) is 5.82 Å². The molecule has 0 aliphatic carbocycles. The van der Waals surface area contributed by atoms with Crippen molar-refractivity contribution in [3.63, 3.8) is 0 Å². The number of phenolic OH excluding ortho intramolecular Hbond substituents is 1. The number of anilines is 1. The van der Waals surface area contributed by atoms with Crippen LogP contribution in [0, 0.1) is 0 Å². The fraction of sp³-hybridized carbons (Fsp3) is 0.310. The van der Waals surface area contributed by atoms with Gasteiger partial charge in [-0.2, -0.15) is 0 Å². The third-order valence-electron chi connectivity index (χ3n) is 7.04. The molecule has 0 radical (unpaired) electrons. The number of benzene rings is 3. The van der Waals surface area contributed by atoms with Crippen molar-refractivity contribution in [3.8, 4) is 28.3 Å². The van der Waals surface area contributed by atoms with Gasteiger partial charge in [-0.15, -0.1) is 0 Å². The highest BCUT2D eigenvalue weighted by Gasteiger charge is 2.19. The lowest BCUT2D eigenvalue weighted by Crippen LogP contribution is -2.35. The Morgan fingerprint density at radius 1 is 0.972 bits per heavy atom. The lowest BCUT2D eigenvalue weighted by atomic mass is 10.0. The molecule has 0 amide bonds. The van der Waals surface area contributed by atoms with Crippen LogP contribution in [0.15, 0.2) is 66.7 Å². The number of hydrogen-bond donors (Lipinski definition) is 3. The van der Waals surface area contributed by atoms with Gasteiger partial charge in [0.05, 0.1) is 24.3 Å². The summed E-state index contributed by atoms with van der Waals surface area (Å²) >= 11 is 0. The van der Waals surface area contributed by atoms with Gasteiger partial charge in [0.1, 0.15) is 11.6 Å². The summed E-state index contributed by atoms with van der Waals surface area (Å²) < 4.78 is 5.46. The van der Waals surface area contributed by atoms with Crippen LogP contribution >= 0.6 is 0 Å². The Kier molecular flexibility index (Phi) is 6.51. The van der Waals surface area contributed by atoms with Crippen molar-refractivity contribution in [3.05, 3.63) is 72.3 Å². The van der Waals surface area contributed by atoms with Crippen molar-refractivity contribution in [1.29, 1.82) is 0 Å². The quantitative estimate of drug-likeness (QED) is 0.379. The van der Waals surface area contributed by atoms with Crippen molar-refractivity contribution in [2.45, 2.75) is 19.0 Å². The van der Waals surface area contributed by atoms with Gasteiger partial charge in [-0.25, -0.2) is 9.97 Å². The minimum absolute atomic E-state index is 0.178. The van der Waals surface area contributed by atoms with E-state index in [-0.39, 0.29) is 5.75 Å². The van der Waals surface area contributed by atoms with Crippen LogP contribution in [-0.2, 0) is 11.3 Å². The predicted octanol–water partition coefficient (Wildman–Crippen LogP) is 4.28. The second-order valence-electron chi connectivity index (χ2n) is 9.56. The maximum Gasteiger partial charge on any atom is 0.165 e. The van der Waals surface area contributed by atoms with Crippen molar-refractivity contribution in [2.24, 2.45) is 0 Å². The third-order valence-corrected chi connectivity index (χ3v) is 7.04. The van der Waals surface area contributed by atoms with Gasteiger partial charge in [0, 0.05) is 37.6 Å². The molecular formula is C29H31N5O2. The second-order valence-corrected chi connectivity index (χ2v) is 9.56. The molecule has 0 spiro atoms. The summed E-state index contributed by atoms with van der Waals surface area (Å²) in [7, 11) is 0. The molecule has 6 rings (SSSR count). The standard InChI is InChI=1S/C29H31N5O2/c35-27-4-2-1-3-25(27)29-32-26-17-22(9-10-24(26)28(33-29)31-23-11-12-30-18-23)21-7-5-20(6-8-21)19-34-13-15-36-16-14-34/h1-10,17,23,30,35H,11-16,18-19H2,(H,31,32,33)/t23-/m0/s1. The zero-order valence-corrected chi connectivity index (χ0v) is 20.3. The molecule has 3 aromatic carbocycles. The highest BCUT2D eigenvalue weighted by molar-refractivity contribution is 5.93. The van der Waals surface area contributed by atoms with E-state index in [0.29, 0.717) is 17.4 Å². The molecule has 2 fully saturated rings. The summed E-state index contributed by atoms with van der Waals surface area (Å²) in [6, 6.07) is 22.7. The average molecular weight is 482 g/mol. The molecule has 184 valence electrons. The van der Waals surface area contributed by atoms with Gasteiger partial charge in [-0.1, -0.05) is 42.5 Å². The Morgan fingerprint density at radius 2 is 1.78 bits per heavy atom. The Bertz CT molecular complexity index is 1350. The normalized spacial score (nSPS) is 18.5. The Morgan fingerprint density at radius 3 is 2.56 bits per heavy atom. The van der Waals surface area contributed by atoms with E-state index in [1.54, 1.807) is 6.07 Å². The molecular weight excluding hydrogens is 450 g/mol. The summed E-state index contributed by atoms with van der Waals surface area (Å²) in [6.07, 6.45) is 1.05. The maximum atomic E-state index is 10.5. The van der Waals surface area contributed by atoms with Crippen LogP contribution in [0.5, 0.6) is 5.75 Å². The first-order valence-corrected chi connectivity index (χ1v) is 12.7. The van der Waals surface area contributed by atoms with Gasteiger partial charge in [0.2, 0.25) is 0 Å². The number of nitrogens with zero attached hydrogens (tertiary/aromatic N) is 3. The van der Waals surface area contributed by atoms with Crippen LogP contribution in [0.25, 0.3) is 33.4 Å². The van der Waals surface area contributed by atoms with Gasteiger partial charge in [0.25, 0.3) is 0 Å². The molecule has 7 heteroatoms. The molecule has 0 saturated carbocycles. The van der Waals surface area contributed by atoms with E-state index in [1.165, 1.54) is 5.56 Å². The maximum absolute atomic E-state index is 10.5. The predicted molar refractivity (Wildman–Crippen MR) is 143 cm³/mol. The molecule has 2 aliphatic rings. The van der Waals surface area contributed by atoms with E-state index in [2.05, 4.69) is 58.0 Å². The molecule has 3 heterocycles. The number of nitrogens with one attached hydrogen (secondary N) is 2. The Labute approximate surface area is 211 Å². The molecule has 3 N–H and O–H groups in total. The number of ether oxygens (including phenoxy) is 1. The van der Waals surface area contributed by atoms with Crippen LogP contribution in [0.2, 0.25) is 0 Å².